The number of benzene rings is 8. The summed E-state index contributed by atoms with van der Waals surface area (Å²) < 4.78 is 7.80. The van der Waals surface area contributed by atoms with Crippen LogP contribution in [0.4, 0.5) is 11.8 Å². The van der Waals surface area contributed by atoms with Crippen molar-refractivity contribution in [3.8, 4) is 28.6 Å². The van der Waals surface area contributed by atoms with E-state index in [4.69, 9.17) is 19.9 Å². The molecule has 0 spiro atoms. The number of anilines is 2. The summed E-state index contributed by atoms with van der Waals surface area (Å²) >= 11 is 0. The van der Waals surface area contributed by atoms with Crippen LogP contribution in [0.2, 0.25) is 0 Å². The molecule has 11 aromatic rings. The van der Waals surface area contributed by atoms with Crippen LogP contribution >= 0.6 is 0 Å². The minimum Gasteiger partial charge on any atom is -0.363 e. The second-order valence-electron chi connectivity index (χ2n) is 16.2. The van der Waals surface area contributed by atoms with E-state index in [1.807, 2.05) is 36.4 Å². The van der Waals surface area contributed by atoms with Crippen molar-refractivity contribution < 1.29 is 0 Å². The van der Waals surface area contributed by atoms with Crippen molar-refractivity contribution in [1.82, 2.24) is 24.5 Å². The van der Waals surface area contributed by atoms with Crippen molar-refractivity contribution in [3.63, 3.8) is 0 Å². The molecule has 1 aliphatic heterocycles. The second-order valence-corrected chi connectivity index (χ2v) is 23.9. The standard InChI is InChI=1S/C56H41N7Si2/c1-7-24-42(25-8-1)54-58-55(43-26-9-2-10-27-43)60-56(59-54)63-64(44-28-11-3-12-29-44,45-30-13-4-14-31-45)62(65(63,46-32-15-5-16-33-46)47-34-17-6-18-35-47)53-41-23-40-52(57-53)61-50-38-21-19-36-48(50)49-37-20-22-39-51(49)61/h1-41H. The fourth-order valence-electron chi connectivity index (χ4n) is 10.0. The summed E-state index contributed by atoms with van der Waals surface area (Å²) in [6, 6.07) is 88.4. The smallest absolute Gasteiger partial charge is 0.322 e. The van der Waals surface area contributed by atoms with Gasteiger partial charge in [0.25, 0.3) is 0 Å². The Morgan fingerprint density at radius 1 is 0.277 bits per heavy atom. The van der Waals surface area contributed by atoms with Gasteiger partial charge in [-0.25, -0.2) is 9.97 Å². The number of rotatable bonds is 9. The van der Waals surface area contributed by atoms with E-state index >= 15 is 0 Å². The van der Waals surface area contributed by atoms with Crippen LogP contribution in [-0.2, 0) is 0 Å². The summed E-state index contributed by atoms with van der Waals surface area (Å²) in [4.78, 5) is 22.3. The van der Waals surface area contributed by atoms with Gasteiger partial charge >= 0.3 is 16.8 Å². The number of aromatic nitrogens is 5. The molecule has 3 aromatic heterocycles. The fraction of sp³-hybridized carbons (Fsp3) is 0. The zero-order chi connectivity index (χ0) is 43.2. The van der Waals surface area contributed by atoms with E-state index in [1.54, 1.807) is 0 Å². The average Bonchev–Trinajstić information content (AvgIpc) is 3.72. The molecule has 1 fully saturated rings. The first-order valence-corrected chi connectivity index (χ1v) is 25.7. The molecule has 308 valence electrons. The van der Waals surface area contributed by atoms with Crippen LogP contribution in [0.1, 0.15) is 0 Å². The van der Waals surface area contributed by atoms with Gasteiger partial charge in [-0.05, 0) is 45.0 Å². The lowest BCUT2D eigenvalue weighted by Crippen LogP contribution is -3.08. The van der Waals surface area contributed by atoms with Crippen LogP contribution in [0.25, 0.3) is 50.4 Å². The molecule has 0 atom stereocenters. The Hall–Kier alpha value is -8.25. The Bertz CT molecular complexity index is 3170. The molecule has 65 heavy (non-hydrogen) atoms. The molecule has 0 radical (unpaired) electrons. The maximum Gasteiger partial charge on any atom is 0.322 e. The molecule has 1 saturated heterocycles. The van der Waals surface area contributed by atoms with Gasteiger partial charge in [-0.15, -0.1) is 0 Å². The third-order valence-electron chi connectivity index (χ3n) is 12.6. The van der Waals surface area contributed by atoms with E-state index in [2.05, 4.69) is 225 Å². The molecule has 0 N–H and O–H groups in total. The van der Waals surface area contributed by atoms with E-state index in [0.717, 1.165) is 33.8 Å². The maximum absolute atomic E-state index is 5.87. The molecule has 8 aromatic carbocycles. The predicted molar refractivity (Wildman–Crippen MR) is 270 cm³/mol. The lowest BCUT2D eigenvalue weighted by atomic mass is 10.2. The van der Waals surface area contributed by atoms with Gasteiger partial charge in [0.15, 0.2) is 11.6 Å². The van der Waals surface area contributed by atoms with Crippen LogP contribution in [-0.4, -0.2) is 41.3 Å². The minimum absolute atomic E-state index is 0.618. The second kappa shape index (κ2) is 15.8. The van der Waals surface area contributed by atoms with E-state index in [-0.39, 0.29) is 0 Å². The predicted octanol–water partition coefficient (Wildman–Crippen LogP) is 9.54. The van der Waals surface area contributed by atoms with E-state index in [0.29, 0.717) is 17.6 Å². The normalized spacial score (nSPS) is 14.0. The highest BCUT2D eigenvalue weighted by Gasteiger charge is 2.76. The zero-order valence-electron chi connectivity index (χ0n) is 35.3. The zero-order valence-corrected chi connectivity index (χ0v) is 37.3. The van der Waals surface area contributed by atoms with Crippen LogP contribution in [0.5, 0.6) is 0 Å². The Balaban J connectivity index is 1.24. The van der Waals surface area contributed by atoms with Gasteiger partial charge in [0.1, 0.15) is 11.6 Å². The monoisotopic (exact) mass is 867 g/mol. The van der Waals surface area contributed by atoms with Gasteiger partial charge in [0.05, 0.1) is 11.0 Å². The minimum atomic E-state index is -3.50. The average molecular weight is 868 g/mol. The van der Waals surface area contributed by atoms with Crippen LogP contribution < -0.4 is 29.2 Å². The molecule has 0 bridgehead atoms. The number of hydrogen-bond acceptors (Lipinski definition) is 6. The Morgan fingerprint density at radius 2 is 0.631 bits per heavy atom. The van der Waals surface area contributed by atoms with Crippen molar-refractivity contribution in [2.45, 2.75) is 0 Å². The summed E-state index contributed by atoms with van der Waals surface area (Å²) in [5.74, 6) is 3.61. The SMILES string of the molecule is c1ccc(-c2nc(-c3ccccc3)nc(N3[Si](c4ccccc4)(c4ccccc4)N(c4cccc(-n5c6ccccc6c6ccccc65)n4)[Si]3(c3ccccc3)c3ccccc3)n2)cc1. The van der Waals surface area contributed by atoms with Crippen LogP contribution in [0.15, 0.2) is 249 Å². The Kier molecular flexibility index (Phi) is 9.36. The highest BCUT2D eigenvalue weighted by Crippen LogP contribution is 2.45. The largest absolute Gasteiger partial charge is 0.363 e. The molecule has 9 heteroatoms. The maximum atomic E-state index is 5.87. The number of hydrogen-bond donors (Lipinski definition) is 0. The van der Waals surface area contributed by atoms with E-state index < -0.39 is 16.8 Å². The first-order chi connectivity index (χ1) is 32.3. The molecule has 4 heterocycles. The molecule has 0 saturated carbocycles. The molecular weight excluding hydrogens is 827 g/mol. The first-order valence-electron chi connectivity index (χ1n) is 21.9. The van der Waals surface area contributed by atoms with Crippen LogP contribution in [0.3, 0.4) is 0 Å². The topological polar surface area (TPSA) is 63.0 Å². The summed E-state index contributed by atoms with van der Waals surface area (Å²) in [6.45, 7) is 0. The van der Waals surface area contributed by atoms with E-state index in [9.17, 15) is 0 Å². The lowest BCUT2D eigenvalue weighted by Gasteiger charge is -2.71. The Labute approximate surface area is 379 Å². The van der Waals surface area contributed by atoms with Gasteiger partial charge in [-0.3, -0.25) is 4.57 Å². The molecule has 0 amide bonds. The number of nitrogens with zero attached hydrogens (tertiary/aromatic N) is 7. The van der Waals surface area contributed by atoms with Crippen molar-refractivity contribution in [3.05, 3.63) is 249 Å². The van der Waals surface area contributed by atoms with Gasteiger partial charge in [0, 0.05) is 21.9 Å². The van der Waals surface area contributed by atoms with Crippen LogP contribution in [0, 0.1) is 0 Å². The van der Waals surface area contributed by atoms with E-state index in [1.165, 1.54) is 31.5 Å². The highest BCUT2D eigenvalue weighted by molar-refractivity contribution is 7.38. The van der Waals surface area contributed by atoms with Crippen molar-refractivity contribution in [2.24, 2.45) is 0 Å². The summed E-state index contributed by atoms with van der Waals surface area (Å²) in [5.41, 5.74) is 4.06. The molecule has 0 aliphatic carbocycles. The molecule has 1 aliphatic rings. The molecular formula is C56H41N7Si2. The lowest BCUT2D eigenvalue weighted by molar-refractivity contribution is 1.01. The van der Waals surface area contributed by atoms with Gasteiger partial charge in [-0.2, -0.15) is 9.97 Å². The molecule has 0 unspecified atom stereocenters. The van der Waals surface area contributed by atoms with Gasteiger partial charge in [0.2, 0.25) is 5.95 Å². The third kappa shape index (κ3) is 6.01. The highest BCUT2D eigenvalue weighted by atomic mass is 28.5. The third-order valence-corrected chi connectivity index (χ3v) is 24.5. The number of para-hydroxylation sites is 2. The fourth-order valence-corrected chi connectivity index (χ4v) is 24.9. The summed E-state index contributed by atoms with van der Waals surface area (Å²) in [5, 5.41) is 7.14. The van der Waals surface area contributed by atoms with Crippen molar-refractivity contribution in [1.29, 1.82) is 0 Å². The summed E-state index contributed by atoms with van der Waals surface area (Å²) in [7, 11) is -6.99. The quantitative estimate of drug-likeness (QED) is 0.135. The number of fused-ring (bicyclic) bond motifs is 3. The molecule has 7 nitrogen and oxygen atoms in total. The van der Waals surface area contributed by atoms with Crippen molar-refractivity contribution in [2.75, 3.05) is 8.46 Å². The molecule has 12 rings (SSSR count). The summed E-state index contributed by atoms with van der Waals surface area (Å²) in [6.07, 6.45) is 0. The number of pyridine rings is 1. The van der Waals surface area contributed by atoms with Gasteiger partial charge < -0.3 is 8.46 Å². The van der Waals surface area contributed by atoms with Gasteiger partial charge in [-0.1, -0.05) is 224 Å². The first kappa shape index (κ1) is 38.4. The Morgan fingerprint density at radius 3 is 1.05 bits per heavy atom. The van der Waals surface area contributed by atoms with Crippen molar-refractivity contribution >= 4 is 71.1 Å².